The van der Waals surface area contributed by atoms with Gasteiger partial charge in [0, 0.05) is 16.3 Å². The third-order valence-electron chi connectivity index (χ3n) is 3.30. The molecule has 1 aromatic carbocycles. The average molecular weight is 277 g/mol. The summed E-state index contributed by atoms with van der Waals surface area (Å²) in [6, 6.07) is 4.57. The summed E-state index contributed by atoms with van der Waals surface area (Å²) in [5.41, 5.74) is 4.04. The average Bonchev–Trinajstić information content (AvgIpc) is 2.66. The highest BCUT2D eigenvalue weighted by molar-refractivity contribution is 8.03. The van der Waals surface area contributed by atoms with Crippen molar-refractivity contribution in [3.05, 3.63) is 34.4 Å². The Morgan fingerprint density at radius 3 is 2.56 bits per heavy atom. The van der Waals surface area contributed by atoms with Gasteiger partial charge in [0.25, 0.3) is 0 Å². The summed E-state index contributed by atoms with van der Waals surface area (Å²) in [7, 11) is 0. The molecule has 1 heterocycles. The number of thioether (sulfide) groups is 1. The van der Waals surface area contributed by atoms with Gasteiger partial charge in [0.2, 0.25) is 0 Å². The smallest absolute Gasteiger partial charge is 0.0812 e. The minimum Gasteiger partial charge on any atom is -0.335 e. The standard InChI is InChI=1S/C15H19NS2/c1-5-12(17)9-15-16(6-2)13-7-10(3)11(4)8-14(13)18-15/h7-9H,5-6H2,1-4H3/b15-9+. The first-order chi connectivity index (χ1) is 8.56. The Bertz CT molecular complexity index is 517. The summed E-state index contributed by atoms with van der Waals surface area (Å²) < 4.78 is 0. The van der Waals surface area contributed by atoms with Gasteiger partial charge in [-0.1, -0.05) is 30.9 Å². The summed E-state index contributed by atoms with van der Waals surface area (Å²) in [6.07, 6.45) is 3.08. The van der Waals surface area contributed by atoms with Gasteiger partial charge in [0.15, 0.2) is 0 Å². The van der Waals surface area contributed by atoms with Crippen molar-refractivity contribution in [3.63, 3.8) is 0 Å². The number of fused-ring (bicyclic) bond motifs is 1. The molecule has 3 heteroatoms. The predicted octanol–water partition coefficient (Wildman–Crippen LogP) is 4.86. The number of aryl methyl sites for hydroxylation is 2. The topological polar surface area (TPSA) is 3.24 Å². The molecule has 96 valence electrons. The number of allylic oxidation sites excluding steroid dienone is 1. The molecule has 0 spiro atoms. The highest BCUT2D eigenvalue weighted by Crippen LogP contribution is 2.46. The highest BCUT2D eigenvalue weighted by Gasteiger charge is 2.24. The maximum absolute atomic E-state index is 5.34. The molecular formula is C15H19NS2. The third kappa shape index (κ3) is 2.47. The van der Waals surface area contributed by atoms with E-state index in [4.69, 9.17) is 12.2 Å². The highest BCUT2D eigenvalue weighted by atomic mass is 32.2. The molecule has 2 rings (SSSR count). The fourth-order valence-corrected chi connectivity index (χ4v) is 3.49. The summed E-state index contributed by atoms with van der Waals surface area (Å²) in [5.74, 6) is 0. The summed E-state index contributed by atoms with van der Waals surface area (Å²) in [6.45, 7) is 9.63. The van der Waals surface area contributed by atoms with Crippen molar-refractivity contribution in [2.75, 3.05) is 11.4 Å². The molecule has 0 radical (unpaired) electrons. The van der Waals surface area contributed by atoms with Crippen LogP contribution in [0.1, 0.15) is 31.4 Å². The molecule has 0 bridgehead atoms. The number of thiocarbonyl (C=S) groups is 1. The maximum atomic E-state index is 5.34. The number of nitrogens with zero attached hydrogens (tertiary/aromatic N) is 1. The Morgan fingerprint density at radius 1 is 1.28 bits per heavy atom. The van der Waals surface area contributed by atoms with Crippen molar-refractivity contribution in [1.29, 1.82) is 0 Å². The molecule has 0 aliphatic carbocycles. The van der Waals surface area contributed by atoms with Gasteiger partial charge >= 0.3 is 0 Å². The molecule has 0 unspecified atom stereocenters. The molecular weight excluding hydrogens is 258 g/mol. The van der Waals surface area contributed by atoms with Crippen molar-refractivity contribution in [3.8, 4) is 0 Å². The van der Waals surface area contributed by atoms with E-state index in [9.17, 15) is 0 Å². The third-order valence-corrected chi connectivity index (χ3v) is 4.80. The van der Waals surface area contributed by atoms with E-state index in [0.717, 1.165) is 17.8 Å². The number of anilines is 1. The molecule has 0 N–H and O–H groups in total. The van der Waals surface area contributed by atoms with Gasteiger partial charge in [-0.05, 0) is 56.5 Å². The minimum atomic E-state index is 0.936. The summed E-state index contributed by atoms with van der Waals surface area (Å²) >= 11 is 7.17. The van der Waals surface area contributed by atoms with E-state index in [0.29, 0.717) is 0 Å². The Morgan fingerprint density at radius 2 is 1.94 bits per heavy atom. The van der Waals surface area contributed by atoms with Gasteiger partial charge < -0.3 is 4.90 Å². The number of rotatable bonds is 3. The lowest BCUT2D eigenvalue weighted by Gasteiger charge is -2.18. The van der Waals surface area contributed by atoms with Crippen LogP contribution < -0.4 is 4.90 Å². The van der Waals surface area contributed by atoms with E-state index in [-0.39, 0.29) is 0 Å². The van der Waals surface area contributed by atoms with Crippen LogP contribution in [0.3, 0.4) is 0 Å². The van der Waals surface area contributed by atoms with Crippen LogP contribution in [0.25, 0.3) is 0 Å². The van der Waals surface area contributed by atoms with Crippen molar-refractivity contribution in [2.24, 2.45) is 0 Å². The van der Waals surface area contributed by atoms with Crippen LogP contribution in [-0.2, 0) is 0 Å². The lowest BCUT2D eigenvalue weighted by molar-refractivity contribution is 0.999. The van der Waals surface area contributed by atoms with Crippen LogP contribution in [-0.4, -0.2) is 11.4 Å². The molecule has 0 amide bonds. The van der Waals surface area contributed by atoms with Crippen LogP contribution in [0.2, 0.25) is 0 Å². The second-order valence-electron chi connectivity index (χ2n) is 4.55. The fourth-order valence-electron chi connectivity index (χ4n) is 2.03. The Balaban J connectivity index is 2.43. The van der Waals surface area contributed by atoms with Crippen molar-refractivity contribution in [1.82, 2.24) is 0 Å². The normalized spacial score (nSPS) is 16.2. The van der Waals surface area contributed by atoms with E-state index in [1.807, 2.05) is 11.8 Å². The van der Waals surface area contributed by atoms with Gasteiger partial charge in [0.1, 0.15) is 0 Å². The molecule has 0 aromatic heterocycles. The molecule has 0 saturated carbocycles. The Kier molecular flexibility index (Phi) is 4.13. The Labute approximate surface area is 119 Å². The van der Waals surface area contributed by atoms with Crippen LogP contribution >= 0.6 is 24.0 Å². The second kappa shape index (κ2) is 5.45. The lowest BCUT2D eigenvalue weighted by atomic mass is 10.1. The van der Waals surface area contributed by atoms with Crippen molar-refractivity contribution >= 4 is 34.5 Å². The van der Waals surface area contributed by atoms with Crippen molar-refractivity contribution < 1.29 is 0 Å². The zero-order chi connectivity index (χ0) is 13.3. The molecule has 1 aliphatic rings. The molecule has 0 fully saturated rings. The second-order valence-corrected chi connectivity index (χ2v) is 6.14. The van der Waals surface area contributed by atoms with E-state index < -0.39 is 0 Å². The van der Waals surface area contributed by atoms with Crippen molar-refractivity contribution in [2.45, 2.75) is 39.0 Å². The molecule has 18 heavy (non-hydrogen) atoms. The zero-order valence-corrected chi connectivity index (χ0v) is 13.0. The first kappa shape index (κ1) is 13.6. The quantitative estimate of drug-likeness (QED) is 0.574. The van der Waals surface area contributed by atoms with Crippen LogP contribution in [0.15, 0.2) is 28.1 Å². The SMILES string of the molecule is CCC(=S)/C=C1/Sc2cc(C)c(C)cc2N1CC. The largest absolute Gasteiger partial charge is 0.335 e. The van der Waals surface area contributed by atoms with E-state index in [1.54, 1.807) is 0 Å². The predicted molar refractivity (Wildman–Crippen MR) is 85.8 cm³/mol. The first-order valence-corrected chi connectivity index (χ1v) is 7.60. The van der Waals surface area contributed by atoms with Gasteiger partial charge in [0.05, 0.1) is 10.7 Å². The van der Waals surface area contributed by atoms with Gasteiger partial charge in [-0.3, -0.25) is 0 Å². The number of hydrogen-bond acceptors (Lipinski definition) is 3. The number of benzene rings is 1. The Hall–Kier alpha value is -0.800. The summed E-state index contributed by atoms with van der Waals surface area (Å²) in [4.78, 5) is 4.73. The van der Waals surface area contributed by atoms with E-state index >= 15 is 0 Å². The summed E-state index contributed by atoms with van der Waals surface area (Å²) in [5, 5.41) is 1.27. The first-order valence-electron chi connectivity index (χ1n) is 6.38. The monoisotopic (exact) mass is 277 g/mol. The molecule has 1 nitrogen and oxygen atoms in total. The maximum Gasteiger partial charge on any atom is 0.0812 e. The van der Waals surface area contributed by atoms with E-state index in [2.05, 4.69) is 50.8 Å². The van der Waals surface area contributed by atoms with E-state index in [1.165, 1.54) is 26.7 Å². The molecule has 1 aliphatic heterocycles. The van der Waals surface area contributed by atoms with Gasteiger partial charge in [-0.25, -0.2) is 0 Å². The van der Waals surface area contributed by atoms with Gasteiger partial charge in [-0.15, -0.1) is 0 Å². The molecule has 0 saturated heterocycles. The zero-order valence-electron chi connectivity index (χ0n) is 11.4. The van der Waals surface area contributed by atoms with Crippen LogP contribution in [0.5, 0.6) is 0 Å². The molecule has 1 aromatic rings. The molecule has 0 atom stereocenters. The lowest BCUT2D eigenvalue weighted by Crippen LogP contribution is -2.17. The minimum absolute atomic E-state index is 0.936. The van der Waals surface area contributed by atoms with Gasteiger partial charge in [-0.2, -0.15) is 0 Å². The van der Waals surface area contributed by atoms with Crippen LogP contribution in [0, 0.1) is 13.8 Å². The number of hydrogen-bond donors (Lipinski definition) is 0. The fraction of sp³-hybridized carbons (Fsp3) is 0.400. The van der Waals surface area contributed by atoms with Crippen LogP contribution in [0.4, 0.5) is 5.69 Å².